The number of nitrogens with two attached hydrogens (primary N) is 1. The average molecular weight is 260 g/mol. The largest absolute Gasteiger partial charge is 0.329 e. The van der Waals surface area contributed by atoms with E-state index in [2.05, 4.69) is 49.9 Å². The molecule has 2 heteroatoms. The third-order valence-corrected chi connectivity index (χ3v) is 3.99. The van der Waals surface area contributed by atoms with E-state index in [1.54, 1.807) is 0 Å². The fourth-order valence-electron chi connectivity index (χ4n) is 2.80. The molecular weight excluding hydrogens is 232 g/mol. The first-order chi connectivity index (χ1) is 9.15. The third kappa shape index (κ3) is 3.80. The van der Waals surface area contributed by atoms with Crippen molar-refractivity contribution in [3.05, 3.63) is 35.4 Å². The molecule has 1 aliphatic rings. The maximum Gasteiger partial charge on any atom is 0.0473 e. The molecule has 0 bridgehead atoms. The molecule has 0 heterocycles. The molecule has 106 valence electrons. The van der Waals surface area contributed by atoms with E-state index < -0.39 is 0 Å². The molecule has 2 N–H and O–H groups in total. The Morgan fingerprint density at radius 3 is 2.26 bits per heavy atom. The molecule has 1 aliphatic carbocycles. The van der Waals surface area contributed by atoms with Crippen LogP contribution in [-0.2, 0) is 6.42 Å². The van der Waals surface area contributed by atoms with Crippen LogP contribution in [0, 0.1) is 5.92 Å². The monoisotopic (exact) mass is 260 g/mol. The fraction of sp³-hybridized carbons (Fsp3) is 0.647. The molecule has 2 rings (SSSR count). The molecule has 2 nitrogen and oxygen atoms in total. The van der Waals surface area contributed by atoms with Crippen molar-refractivity contribution in [1.82, 2.24) is 4.90 Å². The van der Waals surface area contributed by atoms with Gasteiger partial charge in [-0.2, -0.15) is 0 Å². The lowest BCUT2D eigenvalue weighted by molar-refractivity contribution is 0.169. The van der Waals surface area contributed by atoms with Crippen LogP contribution in [0.5, 0.6) is 0 Å². The van der Waals surface area contributed by atoms with Gasteiger partial charge < -0.3 is 5.73 Å². The van der Waals surface area contributed by atoms with Crippen LogP contribution >= 0.6 is 0 Å². The summed E-state index contributed by atoms with van der Waals surface area (Å²) in [6, 6.07) is 10.2. The molecule has 0 radical (unpaired) electrons. The van der Waals surface area contributed by atoms with Crippen molar-refractivity contribution in [3.63, 3.8) is 0 Å². The van der Waals surface area contributed by atoms with Gasteiger partial charge in [-0.1, -0.05) is 45.0 Å². The summed E-state index contributed by atoms with van der Waals surface area (Å²) in [7, 11) is 0. The van der Waals surface area contributed by atoms with Gasteiger partial charge in [0.2, 0.25) is 0 Å². The molecule has 1 unspecified atom stereocenters. The number of aryl methyl sites for hydroxylation is 1. The molecule has 1 aromatic carbocycles. The Labute approximate surface area is 118 Å². The molecule has 0 saturated heterocycles. The van der Waals surface area contributed by atoms with Crippen LogP contribution in [0.4, 0.5) is 0 Å². The number of hydrogen-bond acceptors (Lipinski definition) is 2. The number of hydrogen-bond donors (Lipinski definition) is 1. The Morgan fingerprint density at radius 2 is 1.84 bits per heavy atom. The minimum atomic E-state index is 0.390. The molecule has 1 aromatic rings. The molecule has 0 aromatic heterocycles. The summed E-state index contributed by atoms with van der Waals surface area (Å²) in [5.41, 5.74) is 8.86. The zero-order valence-electron chi connectivity index (χ0n) is 12.6. The van der Waals surface area contributed by atoms with Gasteiger partial charge in [-0.3, -0.25) is 4.90 Å². The Balaban J connectivity index is 2.15. The summed E-state index contributed by atoms with van der Waals surface area (Å²) in [5, 5.41) is 0. The molecule has 1 saturated carbocycles. The molecule has 0 amide bonds. The normalized spacial score (nSPS) is 17.2. The van der Waals surface area contributed by atoms with E-state index in [1.165, 1.54) is 24.0 Å². The van der Waals surface area contributed by atoms with Crippen molar-refractivity contribution in [1.29, 1.82) is 0 Å². The maximum absolute atomic E-state index is 6.08. The van der Waals surface area contributed by atoms with Crippen molar-refractivity contribution < 1.29 is 0 Å². The van der Waals surface area contributed by atoms with E-state index in [0.29, 0.717) is 18.5 Å². The predicted molar refractivity (Wildman–Crippen MR) is 82.2 cm³/mol. The van der Waals surface area contributed by atoms with Crippen LogP contribution in [0.2, 0.25) is 0 Å². The lowest BCUT2D eigenvalue weighted by Crippen LogP contribution is -2.38. The van der Waals surface area contributed by atoms with E-state index in [-0.39, 0.29) is 0 Å². The van der Waals surface area contributed by atoms with Crippen molar-refractivity contribution in [2.24, 2.45) is 11.7 Å². The van der Waals surface area contributed by atoms with E-state index >= 15 is 0 Å². The van der Waals surface area contributed by atoms with Crippen LogP contribution in [0.25, 0.3) is 0 Å². The minimum absolute atomic E-state index is 0.390. The van der Waals surface area contributed by atoms with Crippen LogP contribution in [0.3, 0.4) is 0 Å². The van der Waals surface area contributed by atoms with Crippen molar-refractivity contribution >= 4 is 0 Å². The van der Waals surface area contributed by atoms with E-state index in [0.717, 1.165) is 19.0 Å². The first kappa shape index (κ1) is 14.5. The zero-order valence-corrected chi connectivity index (χ0v) is 12.6. The van der Waals surface area contributed by atoms with Crippen molar-refractivity contribution in [2.45, 2.75) is 52.1 Å². The first-order valence-electron chi connectivity index (χ1n) is 7.70. The molecule has 0 aliphatic heterocycles. The maximum atomic E-state index is 6.08. The van der Waals surface area contributed by atoms with Gasteiger partial charge in [0.1, 0.15) is 0 Å². The second-order valence-electron chi connectivity index (χ2n) is 6.17. The Morgan fingerprint density at radius 1 is 1.21 bits per heavy atom. The molecule has 1 atom stereocenters. The summed E-state index contributed by atoms with van der Waals surface area (Å²) in [6.45, 7) is 8.66. The Hall–Kier alpha value is -0.860. The summed E-state index contributed by atoms with van der Waals surface area (Å²) in [6.07, 6.45) is 3.79. The van der Waals surface area contributed by atoms with Crippen LogP contribution in [-0.4, -0.2) is 24.0 Å². The zero-order chi connectivity index (χ0) is 13.8. The third-order valence-electron chi connectivity index (χ3n) is 3.99. The number of rotatable bonds is 7. The highest BCUT2D eigenvalue weighted by Crippen LogP contribution is 2.34. The summed E-state index contributed by atoms with van der Waals surface area (Å²) in [5.74, 6) is 0.699. The van der Waals surface area contributed by atoms with Crippen LogP contribution in [0.15, 0.2) is 24.3 Å². The van der Waals surface area contributed by atoms with E-state index in [9.17, 15) is 0 Å². The Bertz CT molecular complexity index is 379. The standard InChI is InChI=1S/C17H28N2/c1-4-14-5-7-15(8-6-14)17(11-18)19(12-13(2)3)16-9-10-16/h5-8,13,16-17H,4,9-12,18H2,1-3H3. The highest BCUT2D eigenvalue weighted by molar-refractivity contribution is 5.25. The fourth-order valence-corrected chi connectivity index (χ4v) is 2.80. The Kier molecular flexibility index (Phi) is 5.00. The van der Waals surface area contributed by atoms with Gasteiger partial charge in [0.15, 0.2) is 0 Å². The highest BCUT2D eigenvalue weighted by atomic mass is 15.2. The van der Waals surface area contributed by atoms with Gasteiger partial charge >= 0.3 is 0 Å². The van der Waals surface area contributed by atoms with Crippen LogP contribution < -0.4 is 5.73 Å². The van der Waals surface area contributed by atoms with Gasteiger partial charge in [-0.25, -0.2) is 0 Å². The van der Waals surface area contributed by atoms with Gasteiger partial charge in [-0.05, 0) is 36.3 Å². The number of benzene rings is 1. The van der Waals surface area contributed by atoms with E-state index in [4.69, 9.17) is 5.73 Å². The summed E-state index contributed by atoms with van der Waals surface area (Å²) >= 11 is 0. The minimum Gasteiger partial charge on any atom is -0.329 e. The highest BCUT2D eigenvalue weighted by Gasteiger charge is 2.34. The molecule has 1 fully saturated rings. The SMILES string of the molecule is CCc1ccc(C(CN)N(CC(C)C)C2CC2)cc1. The second-order valence-corrected chi connectivity index (χ2v) is 6.17. The molecular formula is C17H28N2. The molecule has 0 spiro atoms. The average Bonchev–Trinajstić information content (AvgIpc) is 3.23. The summed E-state index contributed by atoms with van der Waals surface area (Å²) in [4.78, 5) is 2.63. The quantitative estimate of drug-likeness (QED) is 0.814. The van der Waals surface area contributed by atoms with Gasteiger partial charge in [0.05, 0.1) is 0 Å². The first-order valence-corrected chi connectivity index (χ1v) is 7.70. The van der Waals surface area contributed by atoms with Crippen LogP contribution in [0.1, 0.15) is 50.8 Å². The van der Waals surface area contributed by atoms with Crippen molar-refractivity contribution in [3.8, 4) is 0 Å². The second kappa shape index (κ2) is 6.53. The van der Waals surface area contributed by atoms with E-state index in [1.807, 2.05) is 0 Å². The molecule has 19 heavy (non-hydrogen) atoms. The summed E-state index contributed by atoms with van der Waals surface area (Å²) < 4.78 is 0. The lowest BCUT2D eigenvalue weighted by Gasteiger charge is -2.33. The topological polar surface area (TPSA) is 29.3 Å². The number of nitrogens with zero attached hydrogens (tertiary/aromatic N) is 1. The predicted octanol–water partition coefficient (Wildman–Crippen LogP) is 3.37. The lowest BCUT2D eigenvalue weighted by atomic mass is 10.0. The smallest absolute Gasteiger partial charge is 0.0473 e. The van der Waals surface area contributed by atoms with Crippen molar-refractivity contribution in [2.75, 3.05) is 13.1 Å². The van der Waals surface area contributed by atoms with Gasteiger partial charge in [0, 0.05) is 25.2 Å². The van der Waals surface area contributed by atoms with Gasteiger partial charge in [0.25, 0.3) is 0 Å². The van der Waals surface area contributed by atoms with Gasteiger partial charge in [-0.15, -0.1) is 0 Å².